The van der Waals surface area contributed by atoms with Gasteiger partial charge >= 0.3 is 5.97 Å². The molecule has 8 nitrogen and oxygen atoms in total. The van der Waals surface area contributed by atoms with Crippen molar-refractivity contribution in [2.75, 3.05) is 5.32 Å². The van der Waals surface area contributed by atoms with Gasteiger partial charge in [0.25, 0.3) is 11.8 Å². The molecule has 1 heterocycles. The number of aryl methyl sites for hydroxylation is 1. The van der Waals surface area contributed by atoms with Crippen molar-refractivity contribution >= 4 is 29.4 Å². The Labute approximate surface area is 233 Å². The Kier molecular flexibility index (Phi) is 8.07. The lowest BCUT2D eigenvalue weighted by molar-refractivity contribution is -0.137. The average molecular weight is 540 g/mol. The maximum atomic E-state index is 13.8. The molecule has 2 aliphatic rings. The molecule has 4 N–H and O–H groups in total. The predicted molar refractivity (Wildman–Crippen MR) is 151 cm³/mol. The quantitative estimate of drug-likeness (QED) is 0.315. The molecule has 1 unspecified atom stereocenters. The number of hydrogen-bond donors (Lipinski definition) is 3. The van der Waals surface area contributed by atoms with Gasteiger partial charge < -0.3 is 16.2 Å². The number of amides is 3. The topological polar surface area (TPSA) is 130 Å². The van der Waals surface area contributed by atoms with Crippen LogP contribution in [0.1, 0.15) is 81.0 Å². The van der Waals surface area contributed by atoms with Crippen molar-refractivity contribution in [3.63, 3.8) is 0 Å². The molecule has 1 saturated carbocycles. The Morgan fingerprint density at radius 1 is 0.925 bits per heavy atom. The lowest BCUT2D eigenvalue weighted by atomic mass is 9.83. The molecule has 0 saturated heterocycles. The van der Waals surface area contributed by atoms with Crippen LogP contribution >= 0.6 is 0 Å². The van der Waals surface area contributed by atoms with E-state index in [-0.39, 0.29) is 49.1 Å². The molecular weight excluding hydrogens is 506 g/mol. The van der Waals surface area contributed by atoms with E-state index in [1.165, 1.54) is 4.90 Å². The minimum absolute atomic E-state index is 0.0117. The number of carboxylic acids is 1. The van der Waals surface area contributed by atoms with E-state index in [9.17, 15) is 19.2 Å². The van der Waals surface area contributed by atoms with E-state index in [4.69, 9.17) is 10.8 Å². The molecule has 3 aromatic rings. The number of nitrogens with two attached hydrogens (primary N) is 1. The number of carbonyl (C=O) groups is 4. The van der Waals surface area contributed by atoms with Crippen molar-refractivity contribution in [2.45, 2.75) is 57.5 Å². The Bertz CT molecular complexity index is 1410. The molecule has 5 rings (SSSR count). The van der Waals surface area contributed by atoms with Crippen LogP contribution in [0.5, 0.6) is 0 Å². The van der Waals surface area contributed by atoms with E-state index in [2.05, 4.69) is 5.32 Å². The number of carbonyl (C=O) groups excluding carboxylic acids is 3. The molecule has 0 bridgehead atoms. The van der Waals surface area contributed by atoms with Crippen LogP contribution in [-0.2, 0) is 29.1 Å². The zero-order chi connectivity index (χ0) is 28.2. The van der Waals surface area contributed by atoms with Crippen molar-refractivity contribution in [1.29, 1.82) is 0 Å². The standard InChI is InChI=1S/C32H33N3O5/c33-18-26-21(16-17-28(36)37)8-5-11-27(26)34-30(38)29(22-6-1-2-7-22)23-14-12-20(13-15-23)19-35-31(39)24-9-3-4-10-25(24)32(35)40/h3-5,8-15,22,29H,1-2,6-7,16-19,33H2,(H,34,38)(H,36,37). The highest BCUT2D eigenvalue weighted by Crippen LogP contribution is 2.39. The number of fused-ring (bicyclic) bond motifs is 1. The fourth-order valence-electron chi connectivity index (χ4n) is 6.00. The van der Waals surface area contributed by atoms with Crippen molar-refractivity contribution < 1.29 is 24.3 Å². The average Bonchev–Trinajstić information content (AvgIpc) is 3.56. The van der Waals surface area contributed by atoms with E-state index in [0.29, 0.717) is 23.2 Å². The molecule has 1 fully saturated rings. The minimum atomic E-state index is -0.884. The Morgan fingerprint density at radius 2 is 1.57 bits per heavy atom. The summed E-state index contributed by atoms with van der Waals surface area (Å²) in [7, 11) is 0. The van der Waals surface area contributed by atoms with Gasteiger partial charge in [-0.15, -0.1) is 0 Å². The first-order chi connectivity index (χ1) is 19.4. The van der Waals surface area contributed by atoms with Gasteiger partial charge in [0.2, 0.25) is 5.91 Å². The summed E-state index contributed by atoms with van der Waals surface area (Å²) in [6, 6.07) is 19.9. The van der Waals surface area contributed by atoms with Crippen LogP contribution < -0.4 is 11.1 Å². The lowest BCUT2D eigenvalue weighted by Crippen LogP contribution is -2.29. The second kappa shape index (κ2) is 11.8. The summed E-state index contributed by atoms with van der Waals surface area (Å²) in [6.45, 7) is 0.349. The van der Waals surface area contributed by atoms with Gasteiger partial charge in [0, 0.05) is 18.7 Å². The third-order valence-corrected chi connectivity index (χ3v) is 8.05. The number of hydrogen-bond acceptors (Lipinski definition) is 5. The number of nitrogens with one attached hydrogen (secondary N) is 1. The molecular formula is C32H33N3O5. The highest BCUT2D eigenvalue weighted by Gasteiger charge is 2.35. The van der Waals surface area contributed by atoms with Gasteiger partial charge in [0.15, 0.2) is 0 Å². The number of carboxylic acid groups (broad SMARTS) is 1. The largest absolute Gasteiger partial charge is 0.481 e. The number of nitrogens with zero attached hydrogens (tertiary/aromatic N) is 1. The van der Waals surface area contributed by atoms with Crippen molar-refractivity contribution in [2.24, 2.45) is 11.7 Å². The van der Waals surface area contributed by atoms with Crippen molar-refractivity contribution in [3.8, 4) is 0 Å². The van der Waals surface area contributed by atoms with Gasteiger partial charge in [0.1, 0.15) is 0 Å². The number of benzene rings is 3. The van der Waals surface area contributed by atoms with Crippen LogP contribution in [-0.4, -0.2) is 33.7 Å². The van der Waals surface area contributed by atoms with Gasteiger partial charge in [-0.05, 0) is 65.6 Å². The Balaban J connectivity index is 1.35. The normalized spacial score (nSPS) is 15.8. The smallest absolute Gasteiger partial charge is 0.303 e. The summed E-state index contributed by atoms with van der Waals surface area (Å²) in [6.07, 6.45) is 4.39. The molecule has 0 radical (unpaired) electrons. The second-order valence-corrected chi connectivity index (χ2v) is 10.5. The van der Waals surface area contributed by atoms with E-state index in [1.807, 2.05) is 36.4 Å². The molecule has 3 amide bonds. The van der Waals surface area contributed by atoms with Crippen LogP contribution in [0.2, 0.25) is 0 Å². The maximum Gasteiger partial charge on any atom is 0.303 e. The Hall–Kier alpha value is -4.30. The molecule has 1 aliphatic heterocycles. The summed E-state index contributed by atoms with van der Waals surface area (Å²) >= 11 is 0. The summed E-state index contributed by atoms with van der Waals surface area (Å²) in [5.74, 6) is -1.78. The van der Waals surface area contributed by atoms with Gasteiger partial charge in [-0.25, -0.2) is 0 Å². The van der Waals surface area contributed by atoms with E-state index in [1.54, 1.807) is 30.3 Å². The molecule has 8 heteroatoms. The van der Waals surface area contributed by atoms with Crippen LogP contribution in [0.4, 0.5) is 5.69 Å². The zero-order valence-electron chi connectivity index (χ0n) is 22.3. The second-order valence-electron chi connectivity index (χ2n) is 10.5. The fraction of sp³-hybridized carbons (Fsp3) is 0.312. The molecule has 1 atom stereocenters. The molecule has 206 valence electrons. The first kappa shape index (κ1) is 27.3. The van der Waals surface area contributed by atoms with Crippen LogP contribution in [0, 0.1) is 5.92 Å². The molecule has 0 spiro atoms. The van der Waals surface area contributed by atoms with Gasteiger partial charge in [-0.1, -0.05) is 61.4 Å². The van der Waals surface area contributed by atoms with E-state index < -0.39 is 5.97 Å². The predicted octanol–water partition coefficient (Wildman–Crippen LogP) is 4.87. The number of aliphatic carboxylic acids is 1. The van der Waals surface area contributed by atoms with Crippen LogP contribution in [0.15, 0.2) is 66.7 Å². The van der Waals surface area contributed by atoms with E-state index in [0.717, 1.165) is 47.9 Å². The van der Waals surface area contributed by atoms with Gasteiger partial charge in [-0.2, -0.15) is 0 Å². The highest BCUT2D eigenvalue weighted by molar-refractivity contribution is 6.21. The fourth-order valence-corrected chi connectivity index (χ4v) is 6.00. The molecule has 0 aromatic heterocycles. The summed E-state index contributed by atoms with van der Waals surface area (Å²) < 4.78 is 0. The number of anilines is 1. The Morgan fingerprint density at radius 3 is 2.17 bits per heavy atom. The van der Waals surface area contributed by atoms with Gasteiger partial charge in [-0.3, -0.25) is 24.1 Å². The third kappa shape index (κ3) is 5.53. The molecule has 3 aromatic carbocycles. The van der Waals surface area contributed by atoms with Crippen molar-refractivity contribution in [1.82, 2.24) is 4.90 Å². The number of rotatable bonds is 10. The number of imide groups is 1. The lowest BCUT2D eigenvalue weighted by Gasteiger charge is -2.25. The third-order valence-electron chi connectivity index (χ3n) is 8.05. The first-order valence-corrected chi connectivity index (χ1v) is 13.7. The minimum Gasteiger partial charge on any atom is -0.481 e. The monoisotopic (exact) mass is 539 g/mol. The van der Waals surface area contributed by atoms with Gasteiger partial charge in [0.05, 0.1) is 23.6 Å². The first-order valence-electron chi connectivity index (χ1n) is 13.7. The van der Waals surface area contributed by atoms with Crippen molar-refractivity contribution in [3.05, 3.63) is 100 Å². The maximum absolute atomic E-state index is 13.8. The summed E-state index contributed by atoms with van der Waals surface area (Å²) in [4.78, 5) is 51.7. The van der Waals surface area contributed by atoms with Crippen LogP contribution in [0.3, 0.4) is 0 Å². The molecule has 40 heavy (non-hydrogen) atoms. The van der Waals surface area contributed by atoms with E-state index >= 15 is 0 Å². The summed E-state index contributed by atoms with van der Waals surface area (Å²) in [5, 5.41) is 12.2. The highest BCUT2D eigenvalue weighted by atomic mass is 16.4. The SMILES string of the molecule is NCc1c(CCC(=O)O)cccc1NC(=O)C(c1ccc(CN2C(=O)c3ccccc3C2=O)cc1)C1CCCC1. The summed E-state index contributed by atoms with van der Waals surface area (Å²) in [5.41, 5.74) is 10.7. The van der Waals surface area contributed by atoms with Crippen LogP contribution in [0.25, 0.3) is 0 Å². The zero-order valence-corrected chi connectivity index (χ0v) is 22.3. The molecule has 1 aliphatic carbocycles.